The van der Waals surface area contributed by atoms with E-state index in [1.165, 1.54) is 11.8 Å². The lowest BCUT2D eigenvalue weighted by Crippen LogP contribution is -2.04. The Labute approximate surface area is 128 Å². The Morgan fingerprint density at radius 1 is 1.43 bits per heavy atom. The number of thioether (sulfide) groups is 1. The van der Waals surface area contributed by atoms with Crippen LogP contribution in [0.4, 0.5) is 0 Å². The average molecular weight is 302 g/mol. The quantitative estimate of drug-likeness (QED) is 0.827. The van der Waals surface area contributed by atoms with Crippen LogP contribution in [0, 0.1) is 5.92 Å². The van der Waals surface area contributed by atoms with Gasteiger partial charge in [-0.1, -0.05) is 55.4 Å². The molecule has 0 radical (unpaired) electrons. The van der Waals surface area contributed by atoms with Gasteiger partial charge in [0.25, 0.3) is 0 Å². The van der Waals surface area contributed by atoms with Gasteiger partial charge in [-0.2, -0.15) is 0 Å². The molecular weight excluding hydrogens is 284 g/mol. The molecule has 0 bridgehead atoms. The molecule has 1 heterocycles. The zero-order chi connectivity index (χ0) is 14.8. The van der Waals surface area contributed by atoms with E-state index in [0.29, 0.717) is 12.0 Å². The van der Waals surface area contributed by atoms with E-state index in [4.69, 9.17) is 5.11 Å². The first kappa shape index (κ1) is 14.2. The molecule has 2 unspecified atom stereocenters. The number of carbonyl (C=O) groups is 1. The Kier molecular flexibility index (Phi) is 4.01. The van der Waals surface area contributed by atoms with Crippen LogP contribution in [0.2, 0.25) is 0 Å². The molecule has 1 N–H and O–H groups in total. The van der Waals surface area contributed by atoms with E-state index < -0.39 is 5.97 Å². The molecule has 0 saturated heterocycles. The van der Waals surface area contributed by atoms with Crippen LogP contribution in [0.1, 0.15) is 25.8 Å². The van der Waals surface area contributed by atoms with Gasteiger partial charge in [0.2, 0.25) is 0 Å². The molecule has 1 aliphatic carbocycles. The van der Waals surface area contributed by atoms with Crippen LogP contribution in [0.25, 0.3) is 11.3 Å². The van der Waals surface area contributed by atoms with E-state index in [9.17, 15) is 4.79 Å². The highest BCUT2D eigenvalue weighted by atomic mass is 32.2. The van der Waals surface area contributed by atoms with Crippen molar-refractivity contribution < 1.29 is 9.90 Å². The number of aromatic nitrogens is 2. The summed E-state index contributed by atoms with van der Waals surface area (Å²) in [6, 6.07) is 10.6. The number of benzene rings is 1. The summed E-state index contributed by atoms with van der Waals surface area (Å²) in [6.45, 7) is 2.20. The second-order valence-electron chi connectivity index (χ2n) is 5.32. The third-order valence-electron chi connectivity index (χ3n) is 3.90. The van der Waals surface area contributed by atoms with Gasteiger partial charge in [-0.25, -0.2) is 4.98 Å². The number of hydrogen-bond donors (Lipinski definition) is 1. The van der Waals surface area contributed by atoms with Crippen LogP contribution in [-0.4, -0.2) is 26.4 Å². The van der Waals surface area contributed by atoms with E-state index in [1.54, 1.807) is 0 Å². The summed E-state index contributed by atoms with van der Waals surface area (Å²) in [7, 11) is 0. The van der Waals surface area contributed by atoms with Crippen molar-refractivity contribution in [3.8, 4) is 11.3 Å². The molecule has 1 aliphatic rings. The lowest BCUT2D eigenvalue weighted by molar-refractivity contribution is -0.133. The van der Waals surface area contributed by atoms with Gasteiger partial charge >= 0.3 is 5.97 Å². The Morgan fingerprint density at radius 2 is 2.19 bits per heavy atom. The van der Waals surface area contributed by atoms with Gasteiger partial charge in [0.1, 0.15) is 0 Å². The molecule has 0 spiro atoms. The van der Waals surface area contributed by atoms with Gasteiger partial charge in [0.15, 0.2) is 5.16 Å². The maximum Gasteiger partial charge on any atom is 0.313 e. The van der Waals surface area contributed by atoms with E-state index in [2.05, 4.69) is 28.6 Å². The largest absolute Gasteiger partial charge is 0.481 e. The van der Waals surface area contributed by atoms with Gasteiger partial charge in [-0.15, -0.1) is 0 Å². The molecule has 2 aromatic rings. The average Bonchev–Trinajstić information content (AvgIpc) is 3.16. The summed E-state index contributed by atoms with van der Waals surface area (Å²) in [4.78, 5) is 15.3. The summed E-state index contributed by atoms with van der Waals surface area (Å²) >= 11 is 1.30. The summed E-state index contributed by atoms with van der Waals surface area (Å²) in [5, 5.41) is 9.70. The molecule has 110 valence electrons. The molecule has 1 saturated carbocycles. The third-order valence-corrected chi connectivity index (χ3v) is 4.85. The molecule has 3 rings (SSSR count). The minimum Gasteiger partial charge on any atom is -0.481 e. The maximum absolute atomic E-state index is 10.8. The Balaban J connectivity index is 1.95. The number of aliphatic carboxylic acids is 1. The van der Waals surface area contributed by atoms with Crippen molar-refractivity contribution in [3.63, 3.8) is 0 Å². The SMILES string of the molecule is CCC1CC1n1c(-c2ccccc2)cnc1SCC(=O)O. The maximum atomic E-state index is 10.8. The van der Waals surface area contributed by atoms with Crippen LogP contribution in [-0.2, 0) is 4.79 Å². The monoisotopic (exact) mass is 302 g/mol. The van der Waals surface area contributed by atoms with E-state index in [0.717, 1.165) is 29.3 Å². The van der Waals surface area contributed by atoms with Crippen molar-refractivity contribution in [1.82, 2.24) is 9.55 Å². The minimum atomic E-state index is -0.807. The highest BCUT2D eigenvalue weighted by Gasteiger charge is 2.39. The standard InChI is InChI=1S/C16H18N2O2S/c1-2-11-8-13(11)18-14(12-6-4-3-5-7-12)9-17-16(18)21-10-15(19)20/h3-7,9,11,13H,2,8,10H2,1H3,(H,19,20). The fraction of sp³-hybridized carbons (Fsp3) is 0.375. The first-order valence-corrected chi connectivity index (χ1v) is 8.16. The van der Waals surface area contributed by atoms with Crippen molar-refractivity contribution in [2.24, 2.45) is 5.92 Å². The molecule has 4 nitrogen and oxygen atoms in total. The fourth-order valence-electron chi connectivity index (χ4n) is 2.71. The summed E-state index contributed by atoms with van der Waals surface area (Å²) < 4.78 is 2.23. The lowest BCUT2D eigenvalue weighted by atomic mass is 10.1. The molecule has 2 atom stereocenters. The Morgan fingerprint density at radius 3 is 2.81 bits per heavy atom. The van der Waals surface area contributed by atoms with Gasteiger partial charge in [0.05, 0.1) is 17.6 Å². The predicted molar refractivity (Wildman–Crippen MR) is 83.5 cm³/mol. The molecular formula is C16H18N2O2S. The molecule has 5 heteroatoms. The van der Waals surface area contributed by atoms with Crippen LogP contribution < -0.4 is 0 Å². The number of nitrogens with zero attached hydrogens (tertiary/aromatic N) is 2. The molecule has 1 fully saturated rings. The number of hydrogen-bond acceptors (Lipinski definition) is 3. The van der Waals surface area contributed by atoms with Gasteiger partial charge in [-0.05, 0) is 17.9 Å². The zero-order valence-electron chi connectivity index (χ0n) is 11.9. The molecule has 0 aliphatic heterocycles. The Hall–Kier alpha value is -1.75. The van der Waals surface area contributed by atoms with Crippen molar-refractivity contribution in [2.75, 3.05) is 5.75 Å². The minimum absolute atomic E-state index is 0.0504. The topological polar surface area (TPSA) is 55.1 Å². The van der Waals surface area contributed by atoms with Gasteiger partial charge in [0, 0.05) is 6.04 Å². The van der Waals surface area contributed by atoms with Crippen molar-refractivity contribution in [3.05, 3.63) is 36.5 Å². The summed E-state index contributed by atoms with van der Waals surface area (Å²) in [6.07, 6.45) is 4.18. The summed E-state index contributed by atoms with van der Waals surface area (Å²) in [5.74, 6) is -0.0705. The number of carboxylic acid groups (broad SMARTS) is 1. The molecule has 1 aromatic carbocycles. The first-order chi connectivity index (χ1) is 10.2. The van der Waals surface area contributed by atoms with E-state index >= 15 is 0 Å². The van der Waals surface area contributed by atoms with Gasteiger partial charge < -0.3 is 9.67 Å². The first-order valence-electron chi connectivity index (χ1n) is 7.18. The smallest absolute Gasteiger partial charge is 0.313 e. The number of imidazole rings is 1. The number of rotatable bonds is 6. The van der Waals surface area contributed by atoms with E-state index in [1.807, 2.05) is 24.4 Å². The summed E-state index contributed by atoms with van der Waals surface area (Å²) in [5.41, 5.74) is 2.22. The van der Waals surface area contributed by atoms with Crippen LogP contribution in [0.15, 0.2) is 41.7 Å². The normalized spacial score (nSPS) is 20.4. The van der Waals surface area contributed by atoms with Crippen LogP contribution in [0.5, 0.6) is 0 Å². The highest BCUT2D eigenvalue weighted by Crippen LogP contribution is 2.49. The van der Waals surface area contributed by atoms with Crippen LogP contribution in [0.3, 0.4) is 0 Å². The lowest BCUT2D eigenvalue weighted by Gasteiger charge is -2.11. The second kappa shape index (κ2) is 5.93. The second-order valence-corrected chi connectivity index (χ2v) is 6.26. The van der Waals surface area contributed by atoms with Crippen molar-refractivity contribution in [1.29, 1.82) is 0 Å². The Bertz CT molecular complexity index is 639. The van der Waals surface area contributed by atoms with Crippen molar-refractivity contribution >= 4 is 17.7 Å². The van der Waals surface area contributed by atoms with Crippen LogP contribution >= 0.6 is 11.8 Å². The fourth-order valence-corrected chi connectivity index (χ4v) is 3.46. The third kappa shape index (κ3) is 2.97. The zero-order valence-corrected chi connectivity index (χ0v) is 12.7. The van der Waals surface area contributed by atoms with Crippen molar-refractivity contribution in [2.45, 2.75) is 31.0 Å². The molecule has 21 heavy (non-hydrogen) atoms. The predicted octanol–water partition coefficient (Wildman–Crippen LogP) is 3.70. The van der Waals surface area contributed by atoms with E-state index in [-0.39, 0.29) is 5.75 Å². The molecule has 1 aromatic heterocycles. The number of carboxylic acids is 1. The van der Waals surface area contributed by atoms with Gasteiger partial charge in [-0.3, -0.25) is 4.79 Å². The molecule has 0 amide bonds. The highest BCUT2D eigenvalue weighted by molar-refractivity contribution is 7.99.